The summed E-state index contributed by atoms with van der Waals surface area (Å²) in [6, 6.07) is 13.1. The molecule has 2 aromatic heterocycles. The van der Waals surface area contributed by atoms with Crippen molar-refractivity contribution in [3.05, 3.63) is 53.4 Å². The van der Waals surface area contributed by atoms with Crippen LogP contribution in [0.3, 0.4) is 0 Å². The maximum absolute atomic E-state index is 12.8. The molecule has 1 atom stereocenters. The van der Waals surface area contributed by atoms with E-state index in [4.69, 9.17) is 9.47 Å². The standard InChI is InChI=1S/C21H20N2O4S/c1-14-12-23(8-9-26-14)20(24)13-27-21(25)16-11-18(19-7-4-10-28-19)22-17-6-3-2-5-15(16)17/h2-7,10-11,14H,8-9,12-13H2,1H3. The van der Waals surface area contributed by atoms with Gasteiger partial charge in [0.05, 0.1) is 34.4 Å². The van der Waals surface area contributed by atoms with Gasteiger partial charge in [-0.25, -0.2) is 9.78 Å². The van der Waals surface area contributed by atoms with Gasteiger partial charge in [0.15, 0.2) is 6.61 Å². The Morgan fingerprint density at radius 3 is 2.93 bits per heavy atom. The van der Waals surface area contributed by atoms with Crippen molar-refractivity contribution in [2.24, 2.45) is 0 Å². The SMILES string of the molecule is CC1CN(C(=O)COC(=O)c2cc(-c3cccs3)nc3ccccc23)CCO1. The molecule has 0 spiro atoms. The summed E-state index contributed by atoms with van der Waals surface area (Å²) in [5, 5.41) is 2.67. The minimum absolute atomic E-state index is 0.00843. The van der Waals surface area contributed by atoms with E-state index in [2.05, 4.69) is 4.98 Å². The highest BCUT2D eigenvalue weighted by atomic mass is 32.1. The number of hydrogen-bond donors (Lipinski definition) is 0. The zero-order chi connectivity index (χ0) is 19.5. The molecule has 0 aliphatic carbocycles. The first-order valence-electron chi connectivity index (χ1n) is 9.12. The Morgan fingerprint density at radius 1 is 1.29 bits per heavy atom. The molecular weight excluding hydrogens is 376 g/mol. The topological polar surface area (TPSA) is 68.7 Å². The van der Waals surface area contributed by atoms with Crippen molar-refractivity contribution in [3.8, 4) is 10.6 Å². The largest absolute Gasteiger partial charge is 0.452 e. The lowest BCUT2D eigenvalue weighted by Crippen LogP contribution is -2.46. The molecule has 4 rings (SSSR count). The third-order valence-electron chi connectivity index (χ3n) is 4.63. The second kappa shape index (κ2) is 8.08. The van der Waals surface area contributed by atoms with Crippen LogP contribution in [0.1, 0.15) is 17.3 Å². The normalized spacial score (nSPS) is 16.9. The van der Waals surface area contributed by atoms with Crippen molar-refractivity contribution in [1.29, 1.82) is 0 Å². The first-order valence-corrected chi connectivity index (χ1v) is 10.00. The first-order chi connectivity index (χ1) is 13.6. The maximum Gasteiger partial charge on any atom is 0.339 e. The number of ether oxygens (including phenoxy) is 2. The number of pyridine rings is 1. The Balaban J connectivity index is 1.56. The lowest BCUT2D eigenvalue weighted by Gasteiger charge is -2.30. The van der Waals surface area contributed by atoms with Crippen LogP contribution in [0.2, 0.25) is 0 Å². The van der Waals surface area contributed by atoms with Gasteiger partial charge in [0.2, 0.25) is 0 Å². The molecule has 1 unspecified atom stereocenters. The number of morpholine rings is 1. The molecule has 0 saturated carbocycles. The zero-order valence-corrected chi connectivity index (χ0v) is 16.3. The van der Waals surface area contributed by atoms with Gasteiger partial charge >= 0.3 is 5.97 Å². The van der Waals surface area contributed by atoms with E-state index in [1.807, 2.05) is 48.7 Å². The van der Waals surface area contributed by atoms with Gasteiger partial charge in [-0.05, 0) is 30.5 Å². The van der Waals surface area contributed by atoms with Crippen LogP contribution in [-0.2, 0) is 14.3 Å². The van der Waals surface area contributed by atoms with Crippen molar-refractivity contribution >= 4 is 34.1 Å². The van der Waals surface area contributed by atoms with E-state index in [1.54, 1.807) is 22.3 Å². The number of thiophene rings is 1. The number of hydrogen-bond acceptors (Lipinski definition) is 6. The fourth-order valence-corrected chi connectivity index (χ4v) is 3.92. The van der Waals surface area contributed by atoms with Gasteiger partial charge in [-0.2, -0.15) is 0 Å². The van der Waals surface area contributed by atoms with E-state index < -0.39 is 5.97 Å². The molecule has 6 nitrogen and oxygen atoms in total. The number of para-hydroxylation sites is 1. The fourth-order valence-electron chi connectivity index (χ4n) is 3.24. The summed E-state index contributed by atoms with van der Waals surface area (Å²) in [5.74, 6) is -0.730. The zero-order valence-electron chi connectivity index (χ0n) is 15.5. The van der Waals surface area contributed by atoms with Crippen molar-refractivity contribution in [3.63, 3.8) is 0 Å². The maximum atomic E-state index is 12.8. The van der Waals surface area contributed by atoms with E-state index in [1.165, 1.54) is 0 Å². The molecule has 1 amide bonds. The minimum Gasteiger partial charge on any atom is -0.452 e. The first kappa shape index (κ1) is 18.6. The molecular formula is C21H20N2O4S. The van der Waals surface area contributed by atoms with Crippen LogP contribution in [0.25, 0.3) is 21.5 Å². The molecule has 3 heterocycles. The lowest BCUT2D eigenvalue weighted by atomic mass is 10.1. The highest BCUT2D eigenvalue weighted by Crippen LogP contribution is 2.28. The Hall–Kier alpha value is -2.77. The van der Waals surface area contributed by atoms with E-state index in [9.17, 15) is 9.59 Å². The molecule has 1 saturated heterocycles. The second-order valence-electron chi connectivity index (χ2n) is 6.65. The van der Waals surface area contributed by atoms with Crippen molar-refractivity contribution in [2.75, 3.05) is 26.3 Å². The number of nitrogens with zero attached hydrogens (tertiary/aromatic N) is 2. The molecule has 1 aromatic carbocycles. The summed E-state index contributed by atoms with van der Waals surface area (Å²) < 4.78 is 10.8. The summed E-state index contributed by atoms with van der Waals surface area (Å²) in [7, 11) is 0. The number of benzene rings is 1. The number of amides is 1. The van der Waals surface area contributed by atoms with Crippen molar-refractivity contribution in [2.45, 2.75) is 13.0 Å². The number of carbonyl (C=O) groups is 2. The monoisotopic (exact) mass is 396 g/mol. The van der Waals surface area contributed by atoms with E-state index >= 15 is 0 Å². The van der Waals surface area contributed by atoms with Gasteiger partial charge in [0.25, 0.3) is 5.91 Å². The molecule has 0 radical (unpaired) electrons. The number of rotatable bonds is 4. The summed E-state index contributed by atoms with van der Waals surface area (Å²) in [5.41, 5.74) is 1.85. The van der Waals surface area contributed by atoms with Crippen LogP contribution in [-0.4, -0.2) is 54.2 Å². The Labute approximate surface area is 166 Å². The van der Waals surface area contributed by atoms with Gasteiger partial charge in [-0.1, -0.05) is 24.3 Å². The highest BCUT2D eigenvalue weighted by molar-refractivity contribution is 7.13. The van der Waals surface area contributed by atoms with E-state index in [0.29, 0.717) is 41.9 Å². The Bertz CT molecular complexity index is 1000. The fraction of sp³-hybridized carbons (Fsp3) is 0.286. The quantitative estimate of drug-likeness (QED) is 0.633. The van der Waals surface area contributed by atoms with Gasteiger partial charge in [-0.3, -0.25) is 4.79 Å². The molecule has 1 fully saturated rings. The average Bonchev–Trinajstić information content (AvgIpc) is 3.26. The van der Waals surface area contributed by atoms with Crippen LogP contribution < -0.4 is 0 Å². The van der Waals surface area contributed by atoms with Crippen LogP contribution in [0, 0.1) is 0 Å². The summed E-state index contributed by atoms with van der Waals surface area (Å²) in [6.45, 7) is 3.16. The highest BCUT2D eigenvalue weighted by Gasteiger charge is 2.23. The number of aromatic nitrogens is 1. The predicted molar refractivity (Wildman–Crippen MR) is 107 cm³/mol. The third kappa shape index (κ3) is 3.90. The molecule has 0 bridgehead atoms. The number of fused-ring (bicyclic) bond motifs is 1. The van der Waals surface area contributed by atoms with Crippen LogP contribution >= 0.6 is 11.3 Å². The molecule has 28 heavy (non-hydrogen) atoms. The van der Waals surface area contributed by atoms with Gasteiger partial charge in [-0.15, -0.1) is 11.3 Å². The second-order valence-corrected chi connectivity index (χ2v) is 7.59. The summed E-state index contributed by atoms with van der Waals surface area (Å²) in [4.78, 5) is 32.5. The average molecular weight is 396 g/mol. The number of carbonyl (C=O) groups excluding carboxylic acids is 2. The number of esters is 1. The van der Waals surface area contributed by atoms with Gasteiger partial charge in [0.1, 0.15) is 0 Å². The van der Waals surface area contributed by atoms with E-state index in [0.717, 1.165) is 4.88 Å². The smallest absolute Gasteiger partial charge is 0.339 e. The summed E-state index contributed by atoms with van der Waals surface area (Å²) in [6.07, 6.45) is -0.00843. The third-order valence-corrected chi connectivity index (χ3v) is 5.52. The van der Waals surface area contributed by atoms with Crippen molar-refractivity contribution < 1.29 is 19.1 Å². The molecule has 144 valence electrons. The van der Waals surface area contributed by atoms with Crippen LogP contribution in [0.15, 0.2) is 47.8 Å². The molecule has 7 heteroatoms. The summed E-state index contributed by atoms with van der Waals surface area (Å²) >= 11 is 1.55. The van der Waals surface area contributed by atoms with Gasteiger partial charge in [0, 0.05) is 18.5 Å². The minimum atomic E-state index is -0.522. The van der Waals surface area contributed by atoms with E-state index in [-0.39, 0.29) is 18.6 Å². The van der Waals surface area contributed by atoms with Crippen LogP contribution in [0.5, 0.6) is 0 Å². The molecule has 1 aliphatic rings. The predicted octanol–water partition coefficient (Wildman–Crippen LogP) is 3.37. The van der Waals surface area contributed by atoms with Crippen molar-refractivity contribution in [1.82, 2.24) is 9.88 Å². The molecule has 3 aromatic rings. The molecule has 0 N–H and O–H groups in total. The Kier molecular flexibility index (Phi) is 5.36. The van der Waals surface area contributed by atoms with Gasteiger partial charge < -0.3 is 14.4 Å². The molecule has 1 aliphatic heterocycles. The Morgan fingerprint density at radius 2 is 2.14 bits per heavy atom. The van der Waals surface area contributed by atoms with Crippen LogP contribution in [0.4, 0.5) is 0 Å². The lowest BCUT2D eigenvalue weighted by molar-refractivity contribution is -0.141.